The van der Waals surface area contributed by atoms with Crippen molar-refractivity contribution >= 4 is 11.0 Å². The molecule has 3 heteroatoms. The Hall–Kier alpha value is -2.55. The first kappa shape index (κ1) is 15.0. The zero-order valence-electron chi connectivity index (χ0n) is 14.0. The van der Waals surface area contributed by atoms with Crippen molar-refractivity contribution in [3.63, 3.8) is 0 Å². The first-order chi connectivity index (χ1) is 11.6. The Morgan fingerprint density at radius 2 is 1.79 bits per heavy atom. The van der Waals surface area contributed by atoms with Crippen LogP contribution in [0.25, 0.3) is 11.0 Å². The molecule has 0 fully saturated rings. The average Bonchev–Trinajstić information content (AvgIpc) is 3.09. The molecule has 2 aromatic carbocycles. The largest absolute Gasteiger partial charge is 0.486 e. The van der Waals surface area contributed by atoms with E-state index in [4.69, 9.17) is 9.15 Å². The summed E-state index contributed by atoms with van der Waals surface area (Å²) in [5.41, 5.74) is 4.50. The van der Waals surface area contributed by atoms with Gasteiger partial charge in [-0.3, -0.25) is 0 Å². The summed E-state index contributed by atoms with van der Waals surface area (Å²) < 4.78 is 11.8. The normalized spacial score (nSPS) is 14.6. The van der Waals surface area contributed by atoms with E-state index in [0.717, 1.165) is 52.7 Å². The molecule has 3 nitrogen and oxygen atoms in total. The Bertz CT molecular complexity index is 954. The molecule has 0 bridgehead atoms. The molecule has 0 amide bonds. The van der Waals surface area contributed by atoms with Gasteiger partial charge in [-0.25, -0.2) is 4.79 Å². The Labute approximate surface area is 140 Å². The van der Waals surface area contributed by atoms with Crippen molar-refractivity contribution in [2.24, 2.45) is 0 Å². The van der Waals surface area contributed by atoms with Gasteiger partial charge in [-0.15, -0.1) is 0 Å². The first-order valence-corrected chi connectivity index (χ1v) is 8.45. The molecule has 1 aromatic heterocycles. The van der Waals surface area contributed by atoms with Gasteiger partial charge in [-0.2, -0.15) is 0 Å². The van der Waals surface area contributed by atoms with Crippen molar-refractivity contribution in [3.8, 4) is 5.75 Å². The van der Waals surface area contributed by atoms with Gasteiger partial charge in [0.25, 0.3) is 0 Å². The van der Waals surface area contributed by atoms with Crippen LogP contribution in [0.3, 0.4) is 0 Å². The Morgan fingerprint density at radius 1 is 1.04 bits per heavy atom. The van der Waals surface area contributed by atoms with E-state index in [1.165, 1.54) is 0 Å². The highest BCUT2D eigenvalue weighted by Crippen LogP contribution is 2.34. The standard InChI is InChI=1S/C21H20O3/c1-13-19(23-14(2)15-7-4-3-5-8-15)12-11-17-16-9-6-10-18(16)21(22)24-20(13)17/h3-5,7-8,11-12,14H,6,9-10H2,1-2H3/t14-/m1/s1. The van der Waals surface area contributed by atoms with Crippen LogP contribution in [-0.4, -0.2) is 0 Å². The molecule has 0 N–H and O–H groups in total. The number of fused-ring (bicyclic) bond motifs is 3. The molecule has 0 aliphatic heterocycles. The molecule has 0 saturated heterocycles. The van der Waals surface area contributed by atoms with Gasteiger partial charge in [0, 0.05) is 16.5 Å². The lowest BCUT2D eigenvalue weighted by atomic mass is 10.0. The van der Waals surface area contributed by atoms with Crippen molar-refractivity contribution in [2.45, 2.75) is 39.2 Å². The number of hydrogen-bond donors (Lipinski definition) is 0. The number of rotatable bonds is 3. The third-order valence-electron chi connectivity index (χ3n) is 4.91. The second kappa shape index (κ2) is 5.82. The minimum Gasteiger partial charge on any atom is -0.486 e. The number of benzene rings is 2. The zero-order chi connectivity index (χ0) is 16.7. The predicted molar refractivity (Wildman–Crippen MR) is 94.7 cm³/mol. The smallest absolute Gasteiger partial charge is 0.339 e. The third kappa shape index (κ3) is 2.41. The summed E-state index contributed by atoms with van der Waals surface area (Å²) in [6.45, 7) is 3.98. The third-order valence-corrected chi connectivity index (χ3v) is 4.91. The second-order valence-corrected chi connectivity index (χ2v) is 6.44. The van der Waals surface area contributed by atoms with E-state index in [2.05, 4.69) is 0 Å². The van der Waals surface area contributed by atoms with Crippen molar-refractivity contribution in [1.82, 2.24) is 0 Å². The van der Waals surface area contributed by atoms with Gasteiger partial charge in [-0.1, -0.05) is 30.3 Å². The number of ether oxygens (including phenoxy) is 1. The van der Waals surface area contributed by atoms with Crippen molar-refractivity contribution in [3.05, 3.63) is 75.1 Å². The SMILES string of the molecule is Cc1c(O[C@H](C)c2ccccc2)ccc2c3c(c(=O)oc12)CCC3. The van der Waals surface area contributed by atoms with E-state index in [1.54, 1.807) is 0 Å². The fraction of sp³-hybridized carbons (Fsp3) is 0.286. The first-order valence-electron chi connectivity index (χ1n) is 8.45. The minimum absolute atomic E-state index is 0.0662. The van der Waals surface area contributed by atoms with Crippen LogP contribution >= 0.6 is 0 Å². The van der Waals surface area contributed by atoms with Crippen molar-refractivity contribution in [1.29, 1.82) is 0 Å². The Balaban J connectivity index is 1.77. The summed E-state index contributed by atoms with van der Waals surface area (Å²) in [6.07, 6.45) is 2.75. The summed E-state index contributed by atoms with van der Waals surface area (Å²) >= 11 is 0. The molecule has 0 unspecified atom stereocenters. The van der Waals surface area contributed by atoms with Crippen molar-refractivity contribution < 1.29 is 9.15 Å². The summed E-state index contributed by atoms with van der Waals surface area (Å²) in [5, 5.41) is 1.05. The van der Waals surface area contributed by atoms with E-state index < -0.39 is 0 Å². The summed E-state index contributed by atoms with van der Waals surface area (Å²) in [4.78, 5) is 12.2. The lowest BCUT2D eigenvalue weighted by Crippen LogP contribution is -2.08. The van der Waals surface area contributed by atoms with E-state index in [-0.39, 0.29) is 11.7 Å². The molecular formula is C21H20O3. The van der Waals surface area contributed by atoms with Crippen molar-refractivity contribution in [2.75, 3.05) is 0 Å². The monoisotopic (exact) mass is 320 g/mol. The molecule has 1 atom stereocenters. The van der Waals surface area contributed by atoms with Crippen LogP contribution < -0.4 is 10.4 Å². The van der Waals surface area contributed by atoms with Crippen LogP contribution in [0.15, 0.2) is 51.7 Å². The predicted octanol–water partition coefficient (Wildman–Crippen LogP) is 4.73. The van der Waals surface area contributed by atoms with E-state index >= 15 is 0 Å². The molecule has 1 aliphatic rings. The van der Waals surface area contributed by atoms with E-state index in [9.17, 15) is 4.79 Å². The molecule has 4 rings (SSSR count). The van der Waals surface area contributed by atoms with Gasteiger partial charge in [0.15, 0.2) is 0 Å². The van der Waals surface area contributed by atoms with Crippen LogP contribution in [0.2, 0.25) is 0 Å². The maximum Gasteiger partial charge on any atom is 0.339 e. The lowest BCUT2D eigenvalue weighted by Gasteiger charge is -2.18. The van der Waals surface area contributed by atoms with Gasteiger partial charge in [0.05, 0.1) is 0 Å². The lowest BCUT2D eigenvalue weighted by molar-refractivity contribution is 0.225. The molecule has 0 radical (unpaired) electrons. The maximum atomic E-state index is 12.2. The second-order valence-electron chi connectivity index (χ2n) is 6.44. The van der Waals surface area contributed by atoms with Gasteiger partial charge in [0.2, 0.25) is 0 Å². The van der Waals surface area contributed by atoms with Gasteiger partial charge >= 0.3 is 5.63 Å². The molecular weight excluding hydrogens is 300 g/mol. The van der Waals surface area contributed by atoms with Crippen LogP contribution in [0.1, 0.15) is 41.7 Å². The molecule has 1 heterocycles. The summed E-state index contributed by atoms with van der Waals surface area (Å²) in [6, 6.07) is 14.1. The van der Waals surface area contributed by atoms with Crippen LogP contribution in [0, 0.1) is 6.92 Å². The molecule has 0 spiro atoms. The molecule has 1 aliphatic carbocycles. The molecule has 24 heavy (non-hydrogen) atoms. The summed E-state index contributed by atoms with van der Waals surface area (Å²) in [5.74, 6) is 0.764. The van der Waals surface area contributed by atoms with E-state index in [1.807, 2.05) is 56.3 Å². The Kier molecular flexibility index (Phi) is 3.64. The van der Waals surface area contributed by atoms with Crippen LogP contribution in [-0.2, 0) is 12.8 Å². The average molecular weight is 320 g/mol. The highest BCUT2D eigenvalue weighted by Gasteiger charge is 2.21. The molecule has 3 aromatic rings. The van der Waals surface area contributed by atoms with Gasteiger partial charge in [0.1, 0.15) is 17.4 Å². The maximum absolute atomic E-state index is 12.2. The number of hydrogen-bond acceptors (Lipinski definition) is 3. The van der Waals surface area contributed by atoms with Crippen LogP contribution in [0.5, 0.6) is 5.75 Å². The summed E-state index contributed by atoms with van der Waals surface area (Å²) in [7, 11) is 0. The van der Waals surface area contributed by atoms with Gasteiger partial charge < -0.3 is 9.15 Å². The highest BCUT2D eigenvalue weighted by atomic mass is 16.5. The minimum atomic E-state index is -0.189. The quantitative estimate of drug-likeness (QED) is 0.655. The Morgan fingerprint density at radius 3 is 2.58 bits per heavy atom. The van der Waals surface area contributed by atoms with E-state index in [0.29, 0.717) is 5.58 Å². The van der Waals surface area contributed by atoms with Crippen LogP contribution in [0.4, 0.5) is 0 Å². The number of aryl methyl sites for hydroxylation is 2. The van der Waals surface area contributed by atoms with Gasteiger partial charge in [-0.05, 0) is 56.4 Å². The zero-order valence-corrected chi connectivity index (χ0v) is 14.0. The molecule has 122 valence electrons. The fourth-order valence-electron chi connectivity index (χ4n) is 3.57. The highest BCUT2D eigenvalue weighted by molar-refractivity contribution is 5.86. The molecule has 0 saturated carbocycles. The topological polar surface area (TPSA) is 39.4 Å². The fourth-order valence-corrected chi connectivity index (χ4v) is 3.57.